The summed E-state index contributed by atoms with van der Waals surface area (Å²) in [6, 6.07) is 4.19. The van der Waals surface area contributed by atoms with Gasteiger partial charge in [0.15, 0.2) is 5.76 Å². The van der Waals surface area contributed by atoms with Gasteiger partial charge >= 0.3 is 0 Å². The number of hydrogen-bond donors (Lipinski definition) is 0. The van der Waals surface area contributed by atoms with E-state index < -0.39 is 0 Å². The molecule has 0 N–H and O–H groups in total. The fraction of sp³-hybridized carbons (Fsp3) is 0.692. The van der Waals surface area contributed by atoms with Crippen LogP contribution < -0.4 is 0 Å². The quantitative estimate of drug-likeness (QED) is 0.737. The van der Waals surface area contributed by atoms with Crippen molar-refractivity contribution in [2.75, 3.05) is 32.7 Å². The number of hydrogen-bond acceptors (Lipinski definition) is 5. The number of nitriles is 1. The molecule has 1 aromatic heterocycles. The normalized spacial score (nSPS) is 17.8. The molecule has 0 amide bonds. The Bertz CT molecular complexity index is 401. The molecule has 1 fully saturated rings. The highest BCUT2D eigenvalue weighted by atomic mass is 16.5. The zero-order chi connectivity index (χ0) is 12.8. The van der Waals surface area contributed by atoms with Crippen LogP contribution >= 0.6 is 0 Å². The van der Waals surface area contributed by atoms with Crippen molar-refractivity contribution in [2.45, 2.75) is 26.3 Å². The van der Waals surface area contributed by atoms with E-state index in [1.54, 1.807) is 0 Å². The van der Waals surface area contributed by atoms with Gasteiger partial charge in [-0.15, -0.1) is 0 Å². The van der Waals surface area contributed by atoms with Crippen LogP contribution in [0.4, 0.5) is 0 Å². The average molecular weight is 248 g/mol. The summed E-state index contributed by atoms with van der Waals surface area (Å²) in [7, 11) is 0. The van der Waals surface area contributed by atoms with Crippen molar-refractivity contribution >= 4 is 0 Å². The van der Waals surface area contributed by atoms with Crippen molar-refractivity contribution in [3.8, 4) is 6.07 Å². The average Bonchev–Trinajstić information content (AvgIpc) is 2.77. The summed E-state index contributed by atoms with van der Waals surface area (Å²) in [6.45, 7) is 8.13. The molecular weight excluding hydrogens is 228 g/mol. The maximum Gasteiger partial charge on any atom is 0.150 e. The molecule has 5 heteroatoms. The Morgan fingerprint density at radius 3 is 2.67 bits per heavy atom. The van der Waals surface area contributed by atoms with Crippen molar-refractivity contribution in [3.05, 3.63) is 17.5 Å². The molecule has 1 saturated heterocycles. The minimum absolute atomic E-state index is 0.664. The summed E-state index contributed by atoms with van der Waals surface area (Å²) in [5, 5.41) is 12.4. The van der Waals surface area contributed by atoms with E-state index in [1.165, 1.54) is 0 Å². The number of aryl methyl sites for hydroxylation is 1. The fourth-order valence-electron chi connectivity index (χ4n) is 2.26. The van der Waals surface area contributed by atoms with Crippen LogP contribution in [0.2, 0.25) is 0 Å². The molecule has 0 spiro atoms. The second-order valence-electron chi connectivity index (χ2n) is 4.81. The first kappa shape index (κ1) is 13.1. The number of nitrogens with zero attached hydrogens (tertiary/aromatic N) is 4. The predicted molar refractivity (Wildman–Crippen MR) is 67.8 cm³/mol. The minimum atomic E-state index is 0.664. The topological polar surface area (TPSA) is 56.3 Å². The van der Waals surface area contributed by atoms with Gasteiger partial charge in [-0.05, 0) is 19.9 Å². The molecule has 0 atom stereocenters. The molecule has 2 heterocycles. The van der Waals surface area contributed by atoms with Crippen molar-refractivity contribution < 1.29 is 4.52 Å². The molecule has 1 aliphatic rings. The molecule has 1 aliphatic heterocycles. The third kappa shape index (κ3) is 3.83. The van der Waals surface area contributed by atoms with Crippen LogP contribution in [-0.4, -0.2) is 47.7 Å². The summed E-state index contributed by atoms with van der Waals surface area (Å²) in [4.78, 5) is 4.82. The Kier molecular flexibility index (Phi) is 4.73. The van der Waals surface area contributed by atoms with Crippen LogP contribution in [-0.2, 0) is 6.54 Å². The van der Waals surface area contributed by atoms with Crippen LogP contribution in [0.5, 0.6) is 0 Å². The van der Waals surface area contributed by atoms with E-state index in [0.717, 1.165) is 57.1 Å². The van der Waals surface area contributed by atoms with E-state index in [4.69, 9.17) is 9.78 Å². The second-order valence-corrected chi connectivity index (χ2v) is 4.81. The first-order valence-electron chi connectivity index (χ1n) is 6.52. The standard InChI is InChI=1S/C13H20N4O/c1-12-10-13(18-15-12)11-17-8-6-16(7-9-17)5-3-2-4-14/h10H,2-3,5-9,11H2,1H3. The van der Waals surface area contributed by atoms with Gasteiger partial charge in [-0.25, -0.2) is 0 Å². The number of unbranched alkanes of at least 4 members (excludes halogenated alkanes) is 1. The summed E-state index contributed by atoms with van der Waals surface area (Å²) in [5.41, 5.74) is 0.945. The Morgan fingerprint density at radius 1 is 1.33 bits per heavy atom. The summed E-state index contributed by atoms with van der Waals surface area (Å²) in [5.74, 6) is 0.949. The maximum absolute atomic E-state index is 8.51. The molecule has 0 aliphatic carbocycles. The first-order chi connectivity index (χ1) is 8.78. The smallest absolute Gasteiger partial charge is 0.150 e. The van der Waals surface area contributed by atoms with Gasteiger partial charge in [-0.1, -0.05) is 5.16 Å². The molecule has 2 rings (SSSR count). The predicted octanol–water partition coefficient (Wildman–Crippen LogP) is 1.40. The van der Waals surface area contributed by atoms with Crippen LogP contribution in [0.15, 0.2) is 10.6 Å². The van der Waals surface area contributed by atoms with Gasteiger partial charge in [-0.2, -0.15) is 5.26 Å². The lowest BCUT2D eigenvalue weighted by molar-refractivity contribution is 0.118. The molecule has 0 aromatic carbocycles. The zero-order valence-electron chi connectivity index (χ0n) is 10.9. The SMILES string of the molecule is Cc1cc(CN2CCN(CCCC#N)CC2)on1. The van der Waals surface area contributed by atoms with Gasteiger partial charge in [0.05, 0.1) is 18.3 Å². The van der Waals surface area contributed by atoms with Gasteiger partial charge < -0.3 is 9.42 Å². The Hall–Kier alpha value is -1.38. The molecule has 0 unspecified atom stereocenters. The van der Waals surface area contributed by atoms with Gasteiger partial charge in [0.2, 0.25) is 0 Å². The number of rotatable bonds is 5. The van der Waals surface area contributed by atoms with E-state index in [2.05, 4.69) is 21.0 Å². The Labute approximate surface area is 108 Å². The first-order valence-corrected chi connectivity index (χ1v) is 6.52. The molecule has 0 radical (unpaired) electrons. The highest BCUT2D eigenvalue weighted by molar-refractivity contribution is 5.03. The van der Waals surface area contributed by atoms with Crippen molar-refractivity contribution in [2.24, 2.45) is 0 Å². The van der Waals surface area contributed by atoms with Crippen molar-refractivity contribution in [1.29, 1.82) is 5.26 Å². The van der Waals surface area contributed by atoms with Gasteiger partial charge in [0.1, 0.15) is 0 Å². The lowest BCUT2D eigenvalue weighted by Crippen LogP contribution is -2.46. The summed E-state index contributed by atoms with van der Waals surface area (Å²) in [6.07, 6.45) is 1.65. The third-order valence-electron chi connectivity index (χ3n) is 3.28. The van der Waals surface area contributed by atoms with E-state index >= 15 is 0 Å². The van der Waals surface area contributed by atoms with E-state index in [9.17, 15) is 0 Å². The molecule has 5 nitrogen and oxygen atoms in total. The Morgan fingerprint density at radius 2 is 2.06 bits per heavy atom. The van der Waals surface area contributed by atoms with Crippen LogP contribution in [0.1, 0.15) is 24.3 Å². The monoisotopic (exact) mass is 248 g/mol. The van der Waals surface area contributed by atoms with E-state index in [-0.39, 0.29) is 0 Å². The lowest BCUT2D eigenvalue weighted by Gasteiger charge is -2.33. The van der Waals surface area contributed by atoms with Crippen LogP contribution in [0.3, 0.4) is 0 Å². The van der Waals surface area contributed by atoms with Crippen molar-refractivity contribution in [3.63, 3.8) is 0 Å². The Balaban J connectivity index is 1.69. The molecule has 18 heavy (non-hydrogen) atoms. The van der Waals surface area contributed by atoms with E-state index in [0.29, 0.717) is 6.42 Å². The van der Waals surface area contributed by atoms with E-state index in [1.807, 2.05) is 13.0 Å². The lowest BCUT2D eigenvalue weighted by atomic mass is 10.2. The second kappa shape index (κ2) is 6.53. The van der Waals surface area contributed by atoms with Gasteiger partial charge in [0, 0.05) is 38.7 Å². The summed E-state index contributed by atoms with van der Waals surface area (Å²) >= 11 is 0. The van der Waals surface area contributed by atoms with Crippen molar-refractivity contribution in [1.82, 2.24) is 15.0 Å². The van der Waals surface area contributed by atoms with Crippen LogP contribution in [0, 0.1) is 18.3 Å². The molecular formula is C13H20N4O. The van der Waals surface area contributed by atoms with Gasteiger partial charge in [0.25, 0.3) is 0 Å². The minimum Gasteiger partial charge on any atom is -0.360 e. The van der Waals surface area contributed by atoms with Crippen LogP contribution in [0.25, 0.3) is 0 Å². The molecule has 0 saturated carbocycles. The fourth-order valence-corrected chi connectivity index (χ4v) is 2.26. The van der Waals surface area contributed by atoms with Gasteiger partial charge in [-0.3, -0.25) is 4.90 Å². The maximum atomic E-state index is 8.51. The third-order valence-corrected chi connectivity index (χ3v) is 3.28. The molecule has 98 valence electrons. The highest BCUT2D eigenvalue weighted by Gasteiger charge is 2.17. The molecule has 0 bridgehead atoms. The molecule has 1 aromatic rings. The largest absolute Gasteiger partial charge is 0.360 e. The number of aromatic nitrogens is 1. The zero-order valence-corrected chi connectivity index (χ0v) is 10.9. The summed E-state index contributed by atoms with van der Waals surface area (Å²) < 4.78 is 5.23. The highest BCUT2D eigenvalue weighted by Crippen LogP contribution is 2.10. The number of piperazine rings is 1.